The summed E-state index contributed by atoms with van der Waals surface area (Å²) in [6.45, 7) is 1.16. The minimum absolute atomic E-state index is 0.760. The molecule has 0 bridgehead atoms. The summed E-state index contributed by atoms with van der Waals surface area (Å²) in [4.78, 5) is 0. The molecule has 2 aromatic heterocycles. The first kappa shape index (κ1) is 16.3. The lowest BCUT2D eigenvalue weighted by atomic mass is 10.1. The lowest BCUT2D eigenvalue weighted by Crippen LogP contribution is -2.35. The Balaban J connectivity index is 1.48. The van der Waals surface area contributed by atoms with Crippen molar-refractivity contribution >= 4 is 11.6 Å². The monoisotopic (exact) mass is 350 g/mol. The lowest BCUT2D eigenvalue weighted by Gasteiger charge is -2.05. The molecule has 1 saturated carbocycles. The maximum absolute atomic E-state index is 5.96. The number of hydrogen-bond acceptors (Lipinski definition) is 0. The predicted molar refractivity (Wildman–Crippen MR) is 101 cm³/mol. The second-order valence-corrected chi connectivity index (χ2v) is 7.34. The van der Waals surface area contributed by atoms with E-state index in [2.05, 4.69) is 58.2 Å². The Bertz CT molecular complexity index is 817. The first-order valence-electron chi connectivity index (χ1n) is 9.05. The molecule has 0 amide bonds. The van der Waals surface area contributed by atoms with Gasteiger partial charge in [0.15, 0.2) is 31.3 Å². The quantitative estimate of drug-likeness (QED) is 0.599. The molecule has 0 aliphatic heterocycles. The van der Waals surface area contributed by atoms with Crippen molar-refractivity contribution in [3.63, 3.8) is 0 Å². The summed E-state index contributed by atoms with van der Waals surface area (Å²) in [6, 6.07) is 16.6. The number of halogens is 1. The summed E-state index contributed by atoms with van der Waals surface area (Å²) in [5.74, 6) is 0.867. The van der Waals surface area contributed by atoms with Gasteiger partial charge in [0.05, 0.1) is 0 Å². The fourth-order valence-electron chi connectivity index (χ4n) is 3.67. The summed E-state index contributed by atoms with van der Waals surface area (Å²) in [5.41, 5.74) is 3.60. The van der Waals surface area contributed by atoms with Crippen molar-refractivity contribution < 1.29 is 9.13 Å². The van der Waals surface area contributed by atoms with E-state index >= 15 is 0 Å². The normalized spacial score (nSPS) is 14.8. The molecule has 1 aliphatic rings. The zero-order valence-electron chi connectivity index (χ0n) is 14.3. The van der Waals surface area contributed by atoms with Crippen LogP contribution in [0.2, 0.25) is 5.02 Å². The summed E-state index contributed by atoms with van der Waals surface area (Å²) in [5, 5.41) is 0.760. The molecular formula is C22H23ClN2+2. The van der Waals surface area contributed by atoms with Crippen molar-refractivity contribution in [2.24, 2.45) is 5.92 Å². The summed E-state index contributed by atoms with van der Waals surface area (Å²) >= 11 is 5.96. The van der Waals surface area contributed by atoms with Gasteiger partial charge in [0.1, 0.15) is 0 Å². The van der Waals surface area contributed by atoms with Gasteiger partial charge in [-0.25, -0.2) is 4.57 Å². The number of hydrogen-bond donors (Lipinski definition) is 0. The Hall–Kier alpha value is -2.19. The van der Waals surface area contributed by atoms with Crippen molar-refractivity contribution in [1.29, 1.82) is 0 Å². The molecule has 1 fully saturated rings. The van der Waals surface area contributed by atoms with E-state index in [1.807, 2.05) is 24.3 Å². The second-order valence-electron chi connectivity index (χ2n) is 6.90. The van der Waals surface area contributed by atoms with Gasteiger partial charge in [0.25, 0.3) is 0 Å². The van der Waals surface area contributed by atoms with Crippen molar-refractivity contribution in [3.05, 3.63) is 78.3 Å². The number of rotatable bonds is 4. The SMILES string of the molecule is Clc1ccc(-[n+]2ccc(-c3cc[n+](CC4CCCC4)cc3)cc2)cc1. The maximum Gasteiger partial charge on any atom is 0.210 e. The maximum atomic E-state index is 5.96. The van der Waals surface area contributed by atoms with Crippen LogP contribution in [0.1, 0.15) is 25.7 Å². The molecule has 0 N–H and O–H groups in total. The average Bonchev–Trinajstić information content (AvgIpc) is 3.16. The second kappa shape index (κ2) is 7.37. The van der Waals surface area contributed by atoms with Crippen LogP contribution in [0.3, 0.4) is 0 Å². The Morgan fingerprint density at radius 2 is 1.32 bits per heavy atom. The van der Waals surface area contributed by atoms with E-state index < -0.39 is 0 Å². The topological polar surface area (TPSA) is 7.76 Å². The van der Waals surface area contributed by atoms with Crippen LogP contribution in [0.25, 0.3) is 16.8 Å². The van der Waals surface area contributed by atoms with E-state index in [0.29, 0.717) is 0 Å². The van der Waals surface area contributed by atoms with Crippen molar-refractivity contribution in [1.82, 2.24) is 0 Å². The Kier molecular flexibility index (Phi) is 4.80. The molecule has 0 spiro atoms. The Morgan fingerprint density at radius 1 is 0.760 bits per heavy atom. The van der Waals surface area contributed by atoms with Crippen LogP contribution in [-0.2, 0) is 6.54 Å². The van der Waals surface area contributed by atoms with Crippen molar-refractivity contribution in [2.75, 3.05) is 0 Å². The Morgan fingerprint density at radius 3 is 1.92 bits per heavy atom. The highest BCUT2D eigenvalue weighted by molar-refractivity contribution is 6.30. The third-order valence-corrected chi connectivity index (χ3v) is 5.37. The molecule has 4 rings (SSSR count). The first-order valence-corrected chi connectivity index (χ1v) is 9.42. The number of nitrogens with zero attached hydrogens (tertiary/aromatic N) is 2. The smallest absolute Gasteiger partial charge is 0.205 e. The van der Waals surface area contributed by atoms with Gasteiger partial charge in [-0.05, 0) is 36.1 Å². The average molecular weight is 351 g/mol. The molecule has 1 aromatic carbocycles. The van der Waals surface area contributed by atoms with Gasteiger partial charge in [0.2, 0.25) is 5.69 Å². The van der Waals surface area contributed by atoms with Crippen LogP contribution in [0.4, 0.5) is 0 Å². The minimum atomic E-state index is 0.760. The standard InChI is InChI=1S/C22H23ClN2/c23-21-5-7-22(8-6-21)25-15-11-20(12-16-25)19-9-13-24(14-10-19)17-18-3-1-2-4-18/h5-16,18H,1-4,17H2/q+2. The molecule has 126 valence electrons. The van der Waals surface area contributed by atoms with E-state index in [0.717, 1.165) is 23.2 Å². The lowest BCUT2D eigenvalue weighted by molar-refractivity contribution is -0.703. The van der Waals surface area contributed by atoms with Crippen LogP contribution < -0.4 is 9.13 Å². The van der Waals surface area contributed by atoms with Crippen LogP contribution in [0.15, 0.2) is 73.3 Å². The van der Waals surface area contributed by atoms with Gasteiger partial charge in [-0.2, -0.15) is 4.57 Å². The molecule has 0 unspecified atom stereocenters. The number of benzene rings is 1. The fraction of sp³-hybridized carbons (Fsp3) is 0.273. The van der Waals surface area contributed by atoms with Crippen molar-refractivity contribution in [3.8, 4) is 16.8 Å². The first-order chi connectivity index (χ1) is 12.3. The van der Waals surface area contributed by atoms with Crippen LogP contribution in [0.5, 0.6) is 0 Å². The molecule has 25 heavy (non-hydrogen) atoms. The highest BCUT2D eigenvalue weighted by Gasteiger charge is 2.19. The molecule has 0 atom stereocenters. The Labute approximate surface area is 154 Å². The zero-order chi connectivity index (χ0) is 17.1. The molecule has 2 heterocycles. The summed E-state index contributed by atoms with van der Waals surface area (Å²) < 4.78 is 4.43. The molecule has 3 aromatic rings. The third kappa shape index (κ3) is 3.91. The van der Waals surface area contributed by atoms with Gasteiger partial charge < -0.3 is 0 Å². The largest absolute Gasteiger partial charge is 0.210 e. The van der Waals surface area contributed by atoms with Gasteiger partial charge in [0, 0.05) is 47.3 Å². The number of aromatic nitrogens is 2. The molecule has 0 saturated heterocycles. The molecular weight excluding hydrogens is 328 g/mol. The van der Waals surface area contributed by atoms with Gasteiger partial charge in [-0.3, -0.25) is 0 Å². The van der Waals surface area contributed by atoms with E-state index in [9.17, 15) is 0 Å². The summed E-state index contributed by atoms with van der Waals surface area (Å²) in [6.07, 6.45) is 14.2. The van der Waals surface area contributed by atoms with E-state index in [-0.39, 0.29) is 0 Å². The van der Waals surface area contributed by atoms with E-state index in [4.69, 9.17) is 11.6 Å². The molecule has 1 aliphatic carbocycles. The van der Waals surface area contributed by atoms with E-state index in [1.54, 1.807) is 0 Å². The van der Waals surface area contributed by atoms with E-state index in [1.165, 1.54) is 36.8 Å². The highest BCUT2D eigenvalue weighted by Crippen LogP contribution is 2.24. The van der Waals surface area contributed by atoms with Crippen LogP contribution in [-0.4, -0.2) is 0 Å². The molecule has 2 nitrogen and oxygen atoms in total. The van der Waals surface area contributed by atoms with Crippen LogP contribution in [0, 0.1) is 5.92 Å². The zero-order valence-corrected chi connectivity index (χ0v) is 15.1. The van der Waals surface area contributed by atoms with Gasteiger partial charge in [-0.1, -0.05) is 24.4 Å². The fourth-order valence-corrected chi connectivity index (χ4v) is 3.79. The third-order valence-electron chi connectivity index (χ3n) is 5.12. The molecule has 0 radical (unpaired) electrons. The van der Waals surface area contributed by atoms with Crippen LogP contribution >= 0.6 is 11.6 Å². The highest BCUT2D eigenvalue weighted by atomic mass is 35.5. The predicted octanol–water partition coefficient (Wildman–Crippen LogP) is 4.76. The molecule has 3 heteroatoms. The van der Waals surface area contributed by atoms with Gasteiger partial charge >= 0.3 is 0 Å². The van der Waals surface area contributed by atoms with Crippen molar-refractivity contribution in [2.45, 2.75) is 32.2 Å². The minimum Gasteiger partial charge on any atom is -0.205 e. The van der Waals surface area contributed by atoms with Gasteiger partial charge in [-0.15, -0.1) is 0 Å². The number of pyridine rings is 2. The summed E-state index contributed by atoms with van der Waals surface area (Å²) in [7, 11) is 0.